The van der Waals surface area contributed by atoms with E-state index < -0.39 is 0 Å². The largest absolute Gasteiger partial charge is 0.496 e. The Hall–Kier alpha value is -0.500. The lowest BCUT2D eigenvalue weighted by molar-refractivity contribution is -0.0294. The third-order valence-electron chi connectivity index (χ3n) is 3.72. The molecule has 1 aliphatic carbocycles. The van der Waals surface area contributed by atoms with Crippen LogP contribution in [0.5, 0.6) is 0 Å². The zero-order chi connectivity index (χ0) is 12.3. The van der Waals surface area contributed by atoms with Crippen LogP contribution in [0.15, 0.2) is 12.8 Å². The fraction of sp³-hybridized carbons (Fsp3) is 0.867. The van der Waals surface area contributed by atoms with Gasteiger partial charge in [-0.3, -0.25) is 0 Å². The highest BCUT2D eigenvalue weighted by Crippen LogP contribution is 2.21. The van der Waals surface area contributed by atoms with E-state index in [9.17, 15) is 0 Å². The van der Waals surface area contributed by atoms with Crippen LogP contribution in [0.4, 0.5) is 0 Å². The van der Waals surface area contributed by atoms with E-state index in [1.807, 2.05) is 0 Å². The Balaban J connectivity index is 2.45. The quantitative estimate of drug-likeness (QED) is 0.679. The monoisotopic (exact) mass is 240 g/mol. The zero-order valence-corrected chi connectivity index (χ0v) is 11.3. The summed E-state index contributed by atoms with van der Waals surface area (Å²) in [4.78, 5) is 0. The lowest BCUT2D eigenvalue weighted by Gasteiger charge is -2.26. The summed E-state index contributed by atoms with van der Waals surface area (Å²) in [7, 11) is 1.80. The minimum absolute atomic E-state index is 0.205. The number of hydrogen-bond acceptors (Lipinski definition) is 2. The standard InChI is InChI=1S/C15H28O2/c1-3-17-15-13-11-9-7-5-4-6-8-10-12-14(15)16-2/h3,14-15H,1,4-13H2,2H3. The summed E-state index contributed by atoms with van der Waals surface area (Å²) in [6, 6.07) is 0. The van der Waals surface area contributed by atoms with Gasteiger partial charge in [-0.25, -0.2) is 0 Å². The van der Waals surface area contributed by atoms with Gasteiger partial charge in [-0.2, -0.15) is 0 Å². The van der Waals surface area contributed by atoms with Crippen molar-refractivity contribution in [1.29, 1.82) is 0 Å². The van der Waals surface area contributed by atoms with Gasteiger partial charge in [0.2, 0.25) is 0 Å². The van der Waals surface area contributed by atoms with Crippen molar-refractivity contribution in [2.45, 2.75) is 76.4 Å². The van der Waals surface area contributed by atoms with Crippen molar-refractivity contribution >= 4 is 0 Å². The maximum Gasteiger partial charge on any atom is 0.124 e. The Labute approximate surface area is 106 Å². The van der Waals surface area contributed by atoms with Gasteiger partial charge in [0.1, 0.15) is 6.10 Å². The van der Waals surface area contributed by atoms with Crippen molar-refractivity contribution in [3.05, 3.63) is 12.8 Å². The van der Waals surface area contributed by atoms with Crippen LogP contribution in [-0.4, -0.2) is 19.3 Å². The molecule has 0 radical (unpaired) electrons. The topological polar surface area (TPSA) is 18.5 Å². The molecule has 1 rings (SSSR count). The second-order valence-electron chi connectivity index (χ2n) is 5.02. The zero-order valence-electron chi connectivity index (χ0n) is 11.3. The van der Waals surface area contributed by atoms with Gasteiger partial charge in [0.05, 0.1) is 12.4 Å². The first kappa shape index (κ1) is 14.6. The van der Waals surface area contributed by atoms with E-state index in [4.69, 9.17) is 9.47 Å². The first-order valence-electron chi connectivity index (χ1n) is 7.17. The van der Waals surface area contributed by atoms with E-state index in [1.165, 1.54) is 51.4 Å². The first-order chi connectivity index (χ1) is 8.38. The van der Waals surface area contributed by atoms with Gasteiger partial charge in [0.15, 0.2) is 0 Å². The van der Waals surface area contributed by atoms with Crippen molar-refractivity contribution < 1.29 is 9.47 Å². The van der Waals surface area contributed by atoms with Crippen LogP contribution >= 0.6 is 0 Å². The number of hydrogen-bond donors (Lipinski definition) is 0. The Morgan fingerprint density at radius 1 is 0.824 bits per heavy atom. The summed E-state index contributed by atoms with van der Waals surface area (Å²) in [5.74, 6) is 0. The molecule has 1 aliphatic rings. The lowest BCUT2D eigenvalue weighted by Crippen LogP contribution is -2.29. The molecule has 0 heterocycles. The Bertz CT molecular complexity index is 191. The molecule has 0 aromatic heterocycles. The van der Waals surface area contributed by atoms with Gasteiger partial charge < -0.3 is 9.47 Å². The first-order valence-corrected chi connectivity index (χ1v) is 7.17. The van der Waals surface area contributed by atoms with Crippen molar-refractivity contribution in [2.24, 2.45) is 0 Å². The second-order valence-corrected chi connectivity index (χ2v) is 5.02. The van der Waals surface area contributed by atoms with Crippen LogP contribution in [0, 0.1) is 0 Å². The highest BCUT2D eigenvalue weighted by atomic mass is 16.5. The number of ether oxygens (including phenoxy) is 2. The van der Waals surface area contributed by atoms with Crippen LogP contribution in [0.25, 0.3) is 0 Å². The molecule has 1 fully saturated rings. The number of rotatable bonds is 3. The average molecular weight is 240 g/mol. The van der Waals surface area contributed by atoms with Gasteiger partial charge in [-0.05, 0) is 19.3 Å². The minimum atomic E-state index is 0.205. The molecule has 0 aromatic carbocycles. The van der Waals surface area contributed by atoms with Crippen molar-refractivity contribution in [3.8, 4) is 0 Å². The van der Waals surface area contributed by atoms with Gasteiger partial charge in [0, 0.05) is 7.11 Å². The molecule has 0 aromatic rings. The highest BCUT2D eigenvalue weighted by Gasteiger charge is 2.21. The van der Waals surface area contributed by atoms with Crippen LogP contribution < -0.4 is 0 Å². The number of methoxy groups -OCH3 is 1. The summed E-state index contributed by atoms with van der Waals surface area (Å²) in [6.07, 6.45) is 15.0. The van der Waals surface area contributed by atoms with Crippen molar-refractivity contribution in [2.75, 3.05) is 7.11 Å². The summed E-state index contributed by atoms with van der Waals surface area (Å²) >= 11 is 0. The third kappa shape index (κ3) is 6.11. The average Bonchev–Trinajstić information content (AvgIpc) is 2.33. The van der Waals surface area contributed by atoms with Crippen molar-refractivity contribution in [1.82, 2.24) is 0 Å². The summed E-state index contributed by atoms with van der Waals surface area (Å²) in [6.45, 7) is 3.68. The highest BCUT2D eigenvalue weighted by molar-refractivity contribution is 4.74. The summed E-state index contributed by atoms with van der Waals surface area (Å²) in [5.41, 5.74) is 0. The molecule has 0 spiro atoms. The Kier molecular flexibility index (Phi) is 8.16. The molecule has 0 saturated heterocycles. The van der Waals surface area contributed by atoms with Gasteiger partial charge >= 0.3 is 0 Å². The maximum atomic E-state index is 5.63. The summed E-state index contributed by atoms with van der Waals surface area (Å²) in [5, 5.41) is 0. The molecule has 0 aliphatic heterocycles. The molecule has 2 heteroatoms. The van der Waals surface area contributed by atoms with E-state index in [0.717, 1.165) is 12.8 Å². The SMILES string of the molecule is C=COC1CCCCCCCCCCC1OC. The molecule has 0 amide bonds. The molecule has 1 saturated carbocycles. The summed E-state index contributed by atoms with van der Waals surface area (Å²) < 4.78 is 11.2. The molecule has 0 N–H and O–H groups in total. The Morgan fingerprint density at radius 2 is 1.29 bits per heavy atom. The van der Waals surface area contributed by atoms with Gasteiger partial charge in [-0.1, -0.05) is 51.5 Å². The fourth-order valence-corrected chi connectivity index (χ4v) is 2.67. The molecule has 2 atom stereocenters. The van der Waals surface area contributed by atoms with E-state index in [2.05, 4.69) is 6.58 Å². The lowest BCUT2D eigenvalue weighted by atomic mass is 9.97. The third-order valence-corrected chi connectivity index (χ3v) is 3.72. The van der Waals surface area contributed by atoms with Crippen LogP contribution in [0.2, 0.25) is 0 Å². The normalized spacial score (nSPS) is 28.8. The minimum Gasteiger partial charge on any atom is -0.496 e. The van der Waals surface area contributed by atoms with E-state index in [-0.39, 0.29) is 12.2 Å². The smallest absolute Gasteiger partial charge is 0.124 e. The molecule has 2 unspecified atom stereocenters. The van der Waals surface area contributed by atoms with E-state index in [1.54, 1.807) is 13.4 Å². The van der Waals surface area contributed by atoms with Crippen molar-refractivity contribution in [3.63, 3.8) is 0 Å². The second kappa shape index (κ2) is 9.52. The van der Waals surface area contributed by atoms with Gasteiger partial charge in [-0.15, -0.1) is 0 Å². The fourth-order valence-electron chi connectivity index (χ4n) is 2.67. The van der Waals surface area contributed by atoms with E-state index in [0.29, 0.717) is 0 Å². The van der Waals surface area contributed by atoms with E-state index >= 15 is 0 Å². The molecule has 2 nitrogen and oxygen atoms in total. The Morgan fingerprint density at radius 3 is 1.76 bits per heavy atom. The molecular formula is C15H28O2. The molecule has 17 heavy (non-hydrogen) atoms. The molecular weight excluding hydrogens is 212 g/mol. The predicted molar refractivity (Wildman–Crippen MR) is 72.0 cm³/mol. The van der Waals surface area contributed by atoms with Crippen LogP contribution in [-0.2, 0) is 9.47 Å². The molecule has 0 bridgehead atoms. The van der Waals surface area contributed by atoms with Gasteiger partial charge in [0.25, 0.3) is 0 Å². The van der Waals surface area contributed by atoms with Crippen LogP contribution in [0.1, 0.15) is 64.2 Å². The maximum absolute atomic E-state index is 5.63. The van der Waals surface area contributed by atoms with Crippen LogP contribution in [0.3, 0.4) is 0 Å². The predicted octanol–water partition coefficient (Wildman–Crippen LogP) is 4.44. The molecule has 100 valence electrons.